The van der Waals surface area contributed by atoms with E-state index in [0.717, 1.165) is 25.7 Å². The minimum absolute atomic E-state index is 0.0922. The summed E-state index contributed by atoms with van der Waals surface area (Å²) in [6, 6.07) is 4.93. The van der Waals surface area contributed by atoms with Crippen LogP contribution in [0.4, 0.5) is 5.82 Å². The summed E-state index contributed by atoms with van der Waals surface area (Å²) in [5, 5.41) is 4.18. The van der Waals surface area contributed by atoms with Crippen molar-refractivity contribution in [2.24, 2.45) is 4.99 Å². The summed E-state index contributed by atoms with van der Waals surface area (Å²) >= 11 is 0. The summed E-state index contributed by atoms with van der Waals surface area (Å²) in [5.74, 6) is 1.45. The molecule has 0 aliphatic heterocycles. The molecule has 1 aromatic carbocycles. The van der Waals surface area contributed by atoms with Crippen molar-refractivity contribution in [3.8, 4) is 17.2 Å². The molecule has 0 saturated heterocycles. The first kappa shape index (κ1) is 18.8. The number of nitrogen functional groups attached to an aromatic ring is 1. The lowest BCUT2D eigenvalue weighted by Crippen LogP contribution is -2.27. The molecule has 0 spiro atoms. The average Bonchev–Trinajstić information content (AvgIpc) is 3.35. The predicted molar refractivity (Wildman–Crippen MR) is 102 cm³/mol. The van der Waals surface area contributed by atoms with Crippen LogP contribution in [-0.2, 0) is 0 Å². The molecule has 144 valence electrons. The summed E-state index contributed by atoms with van der Waals surface area (Å²) in [7, 11) is 4.52. The van der Waals surface area contributed by atoms with E-state index in [-0.39, 0.29) is 17.7 Å². The molecule has 0 bridgehead atoms. The normalized spacial score (nSPS) is 15.0. The first-order chi connectivity index (χ1) is 13.1. The van der Waals surface area contributed by atoms with Gasteiger partial charge in [-0.3, -0.25) is 9.79 Å². The zero-order valence-corrected chi connectivity index (χ0v) is 15.8. The number of nitrogens with zero attached hydrogens (tertiary/aromatic N) is 3. The molecule has 0 radical (unpaired) electrons. The topological polar surface area (TPSA) is 101 Å². The van der Waals surface area contributed by atoms with Crippen LogP contribution in [0, 0.1) is 0 Å². The van der Waals surface area contributed by atoms with Gasteiger partial charge < -0.3 is 19.9 Å². The van der Waals surface area contributed by atoms with Crippen molar-refractivity contribution in [3.63, 3.8) is 0 Å². The average molecular weight is 372 g/mol. The Hall–Kier alpha value is -3.03. The van der Waals surface area contributed by atoms with Crippen LogP contribution < -0.4 is 19.9 Å². The number of rotatable bonds is 6. The highest BCUT2D eigenvalue weighted by molar-refractivity contribution is 6.46. The van der Waals surface area contributed by atoms with Crippen molar-refractivity contribution in [3.05, 3.63) is 30.0 Å². The standard InChI is InChI=1S/C19H24N4O4/c1-25-14-10-12(11-15(26-2)18(14)27-3)17(24)19(22-13-6-4-5-7-13)23-16(20)8-9-21-23/h8-11,13H,4-7,20H2,1-3H3/b22-19+. The number of aliphatic imine (C=N–C) groups is 1. The Morgan fingerprint density at radius 2 is 1.78 bits per heavy atom. The molecule has 8 heteroatoms. The van der Waals surface area contributed by atoms with Gasteiger partial charge in [-0.15, -0.1) is 0 Å². The fourth-order valence-corrected chi connectivity index (χ4v) is 3.25. The molecule has 1 aliphatic rings. The number of carbonyl (C=O) groups is 1. The molecule has 27 heavy (non-hydrogen) atoms. The van der Waals surface area contributed by atoms with Gasteiger partial charge in [0.2, 0.25) is 11.5 Å². The van der Waals surface area contributed by atoms with E-state index in [2.05, 4.69) is 10.1 Å². The molecule has 8 nitrogen and oxygen atoms in total. The van der Waals surface area contributed by atoms with E-state index < -0.39 is 0 Å². The van der Waals surface area contributed by atoms with E-state index in [4.69, 9.17) is 19.9 Å². The van der Waals surface area contributed by atoms with E-state index in [0.29, 0.717) is 28.6 Å². The highest BCUT2D eigenvalue weighted by Gasteiger charge is 2.25. The molecule has 1 fully saturated rings. The number of ether oxygens (including phenoxy) is 3. The van der Waals surface area contributed by atoms with E-state index in [9.17, 15) is 4.79 Å². The molecule has 2 N–H and O–H groups in total. The Morgan fingerprint density at radius 1 is 1.15 bits per heavy atom. The summed E-state index contributed by atoms with van der Waals surface area (Å²) in [5.41, 5.74) is 6.34. The first-order valence-corrected chi connectivity index (χ1v) is 8.81. The van der Waals surface area contributed by atoms with Gasteiger partial charge in [0.15, 0.2) is 17.3 Å². The van der Waals surface area contributed by atoms with Crippen LogP contribution in [0.2, 0.25) is 0 Å². The van der Waals surface area contributed by atoms with Gasteiger partial charge >= 0.3 is 0 Å². The number of nitrogens with two attached hydrogens (primary N) is 1. The van der Waals surface area contributed by atoms with E-state index in [1.54, 1.807) is 24.4 Å². The number of methoxy groups -OCH3 is 3. The fraction of sp³-hybridized carbons (Fsp3) is 0.421. The SMILES string of the molecule is COc1cc(C(=O)/C(=N\C2CCCC2)n2nccc2N)cc(OC)c1OC. The van der Waals surface area contributed by atoms with Crippen LogP contribution in [0.5, 0.6) is 17.2 Å². The molecule has 1 heterocycles. The summed E-state index contributed by atoms with van der Waals surface area (Å²) in [4.78, 5) is 18.0. The summed E-state index contributed by atoms with van der Waals surface area (Å²) in [6.07, 6.45) is 5.66. The molecule has 0 atom stereocenters. The first-order valence-electron chi connectivity index (χ1n) is 8.81. The van der Waals surface area contributed by atoms with Crippen LogP contribution in [0.25, 0.3) is 0 Å². The molecular weight excluding hydrogens is 348 g/mol. The number of carbonyl (C=O) groups excluding carboxylic acids is 1. The second-order valence-electron chi connectivity index (χ2n) is 6.30. The quantitative estimate of drug-likeness (QED) is 0.475. The van der Waals surface area contributed by atoms with Crippen LogP contribution in [0.15, 0.2) is 29.4 Å². The van der Waals surface area contributed by atoms with E-state index in [1.807, 2.05) is 0 Å². The van der Waals surface area contributed by atoms with Crippen molar-refractivity contribution in [2.45, 2.75) is 31.7 Å². The van der Waals surface area contributed by atoms with Crippen LogP contribution in [0.3, 0.4) is 0 Å². The Kier molecular flexibility index (Phi) is 5.63. The van der Waals surface area contributed by atoms with Crippen molar-refractivity contribution in [2.75, 3.05) is 27.1 Å². The third kappa shape index (κ3) is 3.74. The number of hydrogen-bond donors (Lipinski definition) is 1. The Morgan fingerprint density at radius 3 is 2.26 bits per heavy atom. The van der Waals surface area contributed by atoms with Crippen molar-refractivity contribution in [1.82, 2.24) is 9.78 Å². The lowest BCUT2D eigenvalue weighted by molar-refractivity contribution is 0.106. The zero-order chi connectivity index (χ0) is 19.4. The van der Waals surface area contributed by atoms with Gasteiger partial charge in [-0.2, -0.15) is 9.78 Å². The maximum atomic E-state index is 13.3. The summed E-state index contributed by atoms with van der Waals surface area (Å²) < 4.78 is 17.4. The lowest BCUT2D eigenvalue weighted by Gasteiger charge is -2.15. The fourth-order valence-electron chi connectivity index (χ4n) is 3.25. The number of ketones is 1. The molecule has 0 unspecified atom stereocenters. The Bertz CT molecular complexity index is 828. The Balaban J connectivity index is 2.08. The van der Waals surface area contributed by atoms with Gasteiger partial charge in [0.1, 0.15) is 5.82 Å². The second kappa shape index (κ2) is 8.11. The van der Waals surface area contributed by atoms with Crippen molar-refractivity contribution >= 4 is 17.4 Å². The maximum Gasteiger partial charge on any atom is 0.230 e. The largest absolute Gasteiger partial charge is 0.493 e. The van der Waals surface area contributed by atoms with Crippen molar-refractivity contribution in [1.29, 1.82) is 0 Å². The van der Waals surface area contributed by atoms with Crippen LogP contribution in [-0.4, -0.2) is 48.8 Å². The maximum absolute atomic E-state index is 13.3. The molecule has 2 aromatic rings. The van der Waals surface area contributed by atoms with Gasteiger partial charge in [-0.25, -0.2) is 0 Å². The molecule has 3 rings (SSSR count). The highest BCUT2D eigenvalue weighted by atomic mass is 16.5. The second-order valence-corrected chi connectivity index (χ2v) is 6.30. The molecule has 1 aliphatic carbocycles. The summed E-state index contributed by atoms with van der Waals surface area (Å²) in [6.45, 7) is 0. The minimum Gasteiger partial charge on any atom is -0.493 e. The van der Waals surface area contributed by atoms with Gasteiger partial charge in [-0.05, 0) is 25.0 Å². The molecule has 1 aromatic heterocycles. The minimum atomic E-state index is -0.309. The molecule has 0 amide bonds. The van der Waals surface area contributed by atoms with Gasteiger partial charge in [0.05, 0.1) is 33.6 Å². The third-order valence-electron chi connectivity index (χ3n) is 4.63. The zero-order valence-electron chi connectivity index (χ0n) is 15.8. The monoisotopic (exact) mass is 372 g/mol. The number of Topliss-reactive ketones (excluding diaryl/α,β-unsaturated/α-hetero) is 1. The van der Waals surface area contributed by atoms with Crippen molar-refractivity contribution < 1.29 is 19.0 Å². The number of anilines is 1. The van der Waals surface area contributed by atoms with E-state index in [1.165, 1.54) is 26.0 Å². The van der Waals surface area contributed by atoms with Crippen LogP contribution >= 0.6 is 0 Å². The predicted octanol–water partition coefficient (Wildman–Crippen LogP) is 2.56. The smallest absolute Gasteiger partial charge is 0.230 e. The lowest BCUT2D eigenvalue weighted by atomic mass is 10.1. The van der Waals surface area contributed by atoms with E-state index >= 15 is 0 Å². The highest BCUT2D eigenvalue weighted by Crippen LogP contribution is 2.38. The number of aromatic nitrogens is 2. The molecule has 1 saturated carbocycles. The van der Waals surface area contributed by atoms with Crippen LogP contribution in [0.1, 0.15) is 36.0 Å². The number of benzene rings is 1. The Labute approximate surface area is 157 Å². The van der Waals surface area contributed by atoms with Gasteiger partial charge in [0.25, 0.3) is 0 Å². The van der Waals surface area contributed by atoms with Gasteiger partial charge in [-0.1, -0.05) is 12.8 Å². The van der Waals surface area contributed by atoms with Gasteiger partial charge in [0, 0.05) is 11.6 Å². The molecular formula is C19H24N4O4. The third-order valence-corrected chi connectivity index (χ3v) is 4.63. The number of hydrogen-bond acceptors (Lipinski definition) is 7.